The maximum absolute atomic E-state index is 11.9. The number of rotatable bonds is 7. The van der Waals surface area contributed by atoms with Gasteiger partial charge < -0.3 is 24.4 Å². The number of amides is 2. The summed E-state index contributed by atoms with van der Waals surface area (Å²) in [4.78, 5) is 39.8. The first-order chi connectivity index (χ1) is 14.1. The molecule has 12 nitrogen and oxygen atoms in total. The molecular weight excluding hydrogens is 424 g/mol. The van der Waals surface area contributed by atoms with Gasteiger partial charge in [-0.2, -0.15) is 8.42 Å². The SMILES string of the molecule is O=C(NCc1ccc2oc(=O)cc(COCS(=O)(=O)O)c2c1)ON1C(=O)CCC1O. The van der Waals surface area contributed by atoms with E-state index in [1.54, 1.807) is 12.1 Å². The fourth-order valence-electron chi connectivity index (χ4n) is 2.82. The number of aliphatic hydroxyl groups is 1. The number of hydrogen-bond acceptors (Lipinski definition) is 9. The Morgan fingerprint density at radius 2 is 2.07 bits per heavy atom. The number of carbonyl (C=O) groups excluding carboxylic acids is 2. The first-order valence-corrected chi connectivity index (χ1v) is 10.3. The van der Waals surface area contributed by atoms with Crippen molar-refractivity contribution in [1.29, 1.82) is 0 Å². The highest BCUT2D eigenvalue weighted by Crippen LogP contribution is 2.20. The Balaban J connectivity index is 1.70. The monoisotopic (exact) mass is 442 g/mol. The summed E-state index contributed by atoms with van der Waals surface area (Å²) in [6.07, 6.45) is -1.88. The summed E-state index contributed by atoms with van der Waals surface area (Å²) < 4.78 is 40.3. The van der Waals surface area contributed by atoms with E-state index in [9.17, 15) is 27.9 Å². The average molecular weight is 442 g/mol. The van der Waals surface area contributed by atoms with Gasteiger partial charge in [0.05, 0.1) is 6.61 Å². The molecule has 1 aliphatic heterocycles. The number of nitrogens with zero attached hydrogens (tertiary/aromatic N) is 1. The van der Waals surface area contributed by atoms with E-state index in [2.05, 4.69) is 5.32 Å². The number of aliphatic hydroxyl groups excluding tert-OH is 1. The number of ether oxygens (including phenoxy) is 1. The molecule has 2 amide bonds. The zero-order chi connectivity index (χ0) is 21.9. The standard InChI is InChI=1S/C17H18N2O10S/c20-14-3-4-15(21)19(14)29-17(23)18-7-10-1-2-13-12(5-10)11(6-16(22)28-13)8-27-9-30(24,25)26/h1-2,5-6,14,20H,3-4,7-9H2,(H,18,23)(H,24,25,26). The quantitative estimate of drug-likeness (QED) is 0.398. The molecule has 1 saturated heterocycles. The van der Waals surface area contributed by atoms with Crippen LogP contribution in [0.1, 0.15) is 24.0 Å². The third-order valence-corrected chi connectivity index (χ3v) is 4.60. The largest absolute Gasteiger partial charge is 0.432 e. The Kier molecular flexibility index (Phi) is 6.36. The van der Waals surface area contributed by atoms with Crippen LogP contribution >= 0.6 is 0 Å². The summed E-state index contributed by atoms with van der Waals surface area (Å²) in [5, 5.41) is 13.0. The van der Waals surface area contributed by atoms with Gasteiger partial charge in [0.1, 0.15) is 5.58 Å². The lowest BCUT2D eigenvalue weighted by Gasteiger charge is -2.18. The van der Waals surface area contributed by atoms with Gasteiger partial charge in [-0.15, -0.1) is 5.06 Å². The van der Waals surface area contributed by atoms with Crippen molar-refractivity contribution in [3.05, 3.63) is 45.8 Å². The molecule has 1 aliphatic rings. The molecule has 162 valence electrons. The molecule has 0 bridgehead atoms. The maximum Gasteiger partial charge on any atom is 0.432 e. The highest BCUT2D eigenvalue weighted by Gasteiger charge is 2.32. The van der Waals surface area contributed by atoms with Crippen molar-refractivity contribution in [3.63, 3.8) is 0 Å². The second-order valence-electron chi connectivity index (χ2n) is 6.44. The van der Waals surface area contributed by atoms with Gasteiger partial charge in [-0.05, 0) is 23.3 Å². The lowest BCUT2D eigenvalue weighted by atomic mass is 10.1. The van der Waals surface area contributed by atoms with E-state index < -0.39 is 39.9 Å². The van der Waals surface area contributed by atoms with Crippen molar-refractivity contribution in [2.45, 2.75) is 32.2 Å². The van der Waals surface area contributed by atoms with Gasteiger partial charge in [-0.25, -0.2) is 9.59 Å². The number of fused-ring (bicyclic) bond motifs is 1. The van der Waals surface area contributed by atoms with Crippen LogP contribution in [0, 0.1) is 0 Å². The van der Waals surface area contributed by atoms with Crippen molar-refractivity contribution in [2.24, 2.45) is 0 Å². The van der Waals surface area contributed by atoms with Gasteiger partial charge in [0, 0.05) is 30.8 Å². The summed E-state index contributed by atoms with van der Waals surface area (Å²) >= 11 is 0. The lowest BCUT2D eigenvalue weighted by Crippen LogP contribution is -2.38. The number of hydrogen-bond donors (Lipinski definition) is 3. The van der Waals surface area contributed by atoms with Crippen molar-refractivity contribution in [2.75, 3.05) is 5.94 Å². The molecular formula is C17H18N2O10S. The normalized spacial score (nSPS) is 16.8. The van der Waals surface area contributed by atoms with Gasteiger partial charge >= 0.3 is 11.7 Å². The van der Waals surface area contributed by atoms with Gasteiger partial charge in [0.2, 0.25) is 0 Å². The molecule has 0 spiro atoms. The molecule has 0 radical (unpaired) electrons. The third-order valence-electron chi connectivity index (χ3n) is 4.13. The van der Waals surface area contributed by atoms with Crippen LogP contribution in [0.15, 0.2) is 33.5 Å². The Morgan fingerprint density at radius 3 is 2.73 bits per heavy atom. The number of nitrogens with one attached hydrogen (secondary N) is 1. The Bertz CT molecular complexity index is 1130. The van der Waals surface area contributed by atoms with E-state index in [1.807, 2.05) is 0 Å². The van der Waals surface area contributed by atoms with Crippen LogP contribution in [0.5, 0.6) is 0 Å². The van der Waals surface area contributed by atoms with Gasteiger partial charge in [-0.3, -0.25) is 9.35 Å². The lowest BCUT2D eigenvalue weighted by molar-refractivity contribution is -0.189. The van der Waals surface area contributed by atoms with E-state index in [0.717, 1.165) is 6.07 Å². The molecule has 0 aliphatic carbocycles. The maximum atomic E-state index is 11.9. The molecule has 3 rings (SSSR count). The second kappa shape index (κ2) is 8.79. The highest BCUT2D eigenvalue weighted by molar-refractivity contribution is 7.85. The molecule has 1 atom stereocenters. The Hall–Kier alpha value is -3.00. The molecule has 13 heteroatoms. The van der Waals surface area contributed by atoms with Gasteiger partial charge in [-0.1, -0.05) is 6.07 Å². The molecule has 1 fully saturated rings. The van der Waals surface area contributed by atoms with Crippen LogP contribution in [0.4, 0.5) is 4.79 Å². The van der Waals surface area contributed by atoms with E-state index in [-0.39, 0.29) is 31.6 Å². The molecule has 1 aromatic heterocycles. The topological polar surface area (TPSA) is 173 Å². The second-order valence-corrected chi connectivity index (χ2v) is 7.84. The first kappa shape index (κ1) is 21.7. The predicted octanol–water partition coefficient (Wildman–Crippen LogP) is 0.237. The fraction of sp³-hybridized carbons (Fsp3) is 0.353. The first-order valence-electron chi connectivity index (χ1n) is 8.67. The highest BCUT2D eigenvalue weighted by atomic mass is 32.2. The average Bonchev–Trinajstić information content (AvgIpc) is 2.97. The van der Waals surface area contributed by atoms with Crippen molar-refractivity contribution in [3.8, 4) is 0 Å². The smallest absolute Gasteiger partial charge is 0.423 e. The zero-order valence-corrected chi connectivity index (χ0v) is 16.3. The number of carbonyl (C=O) groups is 2. The third kappa shape index (κ3) is 5.54. The van der Waals surface area contributed by atoms with Crippen LogP contribution in [-0.2, 0) is 37.6 Å². The van der Waals surface area contributed by atoms with Crippen LogP contribution in [0.2, 0.25) is 0 Å². The summed E-state index contributed by atoms with van der Waals surface area (Å²) in [5.74, 6) is -1.45. The molecule has 2 aromatic rings. The molecule has 0 saturated carbocycles. The van der Waals surface area contributed by atoms with E-state index in [1.165, 1.54) is 6.07 Å². The van der Waals surface area contributed by atoms with E-state index in [0.29, 0.717) is 21.6 Å². The van der Waals surface area contributed by atoms with Gasteiger partial charge in [0.25, 0.3) is 16.0 Å². The minimum Gasteiger partial charge on any atom is -0.423 e. The van der Waals surface area contributed by atoms with E-state index in [4.69, 9.17) is 18.5 Å². The molecule has 2 heterocycles. The minimum atomic E-state index is -4.33. The fourth-order valence-corrected chi connectivity index (χ4v) is 3.11. The van der Waals surface area contributed by atoms with Gasteiger partial charge in [0.15, 0.2) is 12.2 Å². The molecule has 3 N–H and O–H groups in total. The molecule has 1 aromatic carbocycles. The van der Waals surface area contributed by atoms with Crippen molar-refractivity contribution < 1.29 is 41.7 Å². The number of hydroxylamine groups is 2. The van der Waals surface area contributed by atoms with Crippen molar-refractivity contribution in [1.82, 2.24) is 10.4 Å². The molecule has 1 unspecified atom stereocenters. The van der Waals surface area contributed by atoms with Crippen LogP contribution in [-0.4, -0.2) is 47.3 Å². The summed E-state index contributed by atoms with van der Waals surface area (Å²) in [6, 6.07) is 5.77. The Labute approximate surface area is 169 Å². The van der Waals surface area contributed by atoms with Crippen LogP contribution < -0.4 is 10.9 Å². The predicted molar refractivity (Wildman–Crippen MR) is 99.1 cm³/mol. The summed E-state index contributed by atoms with van der Waals surface area (Å²) in [7, 11) is -4.33. The van der Waals surface area contributed by atoms with Crippen LogP contribution in [0.3, 0.4) is 0 Å². The summed E-state index contributed by atoms with van der Waals surface area (Å²) in [6.45, 7) is -0.298. The van der Waals surface area contributed by atoms with E-state index >= 15 is 0 Å². The Morgan fingerprint density at radius 1 is 1.30 bits per heavy atom. The van der Waals surface area contributed by atoms with Crippen LogP contribution in [0.25, 0.3) is 11.0 Å². The minimum absolute atomic E-state index is 0.0165. The number of benzene rings is 1. The van der Waals surface area contributed by atoms with Crippen molar-refractivity contribution >= 4 is 33.1 Å². The molecule has 30 heavy (non-hydrogen) atoms. The summed E-state index contributed by atoms with van der Waals surface area (Å²) in [5.41, 5.74) is 0.430. The zero-order valence-electron chi connectivity index (χ0n) is 15.4.